The molecule has 0 saturated carbocycles. The number of aromatic nitrogens is 1. The third-order valence-electron chi connectivity index (χ3n) is 5.49. The van der Waals surface area contributed by atoms with Crippen LogP contribution in [0.1, 0.15) is 33.8 Å². The number of hydrogen-bond acceptors (Lipinski definition) is 6. The van der Waals surface area contributed by atoms with Crippen molar-refractivity contribution in [3.8, 4) is 0 Å². The molecule has 0 aromatic carbocycles. The molecular formula is C22H24F3N3O5S. The summed E-state index contributed by atoms with van der Waals surface area (Å²) in [6, 6.07) is 7.61. The number of carbonyl (C=O) groups excluding carboxylic acids is 2. The fourth-order valence-electron chi connectivity index (χ4n) is 3.88. The van der Waals surface area contributed by atoms with Gasteiger partial charge in [0.2, 0.25) is 5.91 Å². The van der Waals surface area contributed by atoms with Crippen LogP contribution in [0.25, 0.3) is 0 Å². The van der Waals surface area contributed by atoms with Gasteiger partial charge in [0.1, 0.15) is 0 Å². The molecule has 0 unspecified atom stereocenters. The van der Waals surface area contributed by atoms with E-state index in [-0.39, 0.29) is 29.9 Å². The molecule has 0 spiro atoms. The number of hydrogen-bond donors (Lipinski definition) is 2. The molecule has 0 aliphatic carbocycles. The molecule has 4 rings (SSSR count). The van der Waals surface area contributed by atoms with E-state index in [1.807, 2.05) is 41.5 Å². The second-order valence-electron chi connectivity index (χ2n) is 7.99. The summed E-state index contributed by atoms with van der Waals surface area (Å²) in [6.07, 6.45) is -1.94. The summed E-state index contributed by atoms with van der Waals surface area (Å²) in [5, 5.41) is 12.1. The van der Waals surface area contributed by atoms with E-state index < -0.39 is 12.1 Å². The van der Waals surface area contributed by atoms with Crippen molar-refractivity contribution in [3.63, 3.8) is 0 Å². The number of amides is 2. The number of pyridine rings is 1. The second kappa shape index (κ2) is 11.0. The van der Waals surface area contributed by atoms with Crippen molar-refractivity contribution in [3.05, 3.63) is 52.0 Å². The molecule has 2 aromatic rings. The summed E-state index contributed by atoms with van der Waals surface area (Å²) in [6.45, 7) is 3.46. The first-order valence-electron chi connectivity index (χ1n) is 10.5. The average molecular weight is 500 g/mol. The van der Waals surface area contributed by atoms with Crippen LogP contribution in [-0.2, 0) is 20.9 Å². The van der Waals surface area contributed by atoms with E-state index in [9.17, 15) is 22.8 Å². The molecule has 0 bridgehead atoms. The van der Waals surface area contributed by atoms with E-state index in [0.29, 0.717) is 26.1 Å². The van der Waals surface area contributed by atoms with Gasteiger partial charge in [0.15, 0.2) is 0 Å². The van der Waals surface area contributed by atoms with Gasteiger partial charge in [-0.3, -0.25) is 14.6 Å². The predicted octanol–water partition coefficient (Wildman–Crippen LogP) is 3.02. The van der Waals surface area contributed by atoms with Gasteiger partial charge in [0.05, 0.1) is 35.2 Å². The van der Waals surface area contributed by atoms with Crippen LogP contribution in [0.3, 0.4) is 0 Å². The van der Waals surface area contributed by atoms with Crippen LogP contribution >= 0.6 is 11.3 Å². The first kappa shape index (κ1) is 25.6. The minimum atomic E-state index is -5.08. The molecule has 12 heteroatoms. The Balaban J connectivity index is 0.000000406. The van der Waals surface area contributed by atoms with E-state index in [1.54, 1.807) is 6.20 Å². The number of aryl methyl sites for hydroxylation is 1. The summed E-state index contributed by atoms with van der Waals surface area (Å²) >= 11 is 1.46. The average Bonchev–Trinajstić information content (AvgIpc) is 3.45. The van der Waals surface area contributed by atoms with Gasteiger partial charge in [-0.15, -0.1) is 11.3 Å². The van der Waals surface area contributed by atoms with Crippen molar-refractivity contribution < 1.29 is 37.4 Å². The van der Waals surface area contributed by atoms with Crippen LogP contribution in [0.15, 0.2) is 35.8 Å². The summed E-state index contributed by atoms with van der Waals surface area (Å²) in [7, 11) is 0. The van der Waals surface area contributed by atoms with E-state index in [0.717, 1.165) is 22.6 Å². The minimum absolute atomic E-state index is 0.0100. The summed E-state index contributed by atoms with van der Waals surface area (Å²) in [5.41, 5.74) is 1.91. The smallest absolute Gasteiger partial charge is 0.475 e. The van der Waals surface area contributed by atoms with Gasteiger partial charge in [-0.2, -0.15) is 13.2 Å². The van der Waals surface area contributed by atoms with E-state index in [2.05, 4.69) is 10.3 Å². The number of fused-ring (bicyclic) bond motifs is 1. The number of alkyl halides is 3. The Morgan fingerprint density at radius 2 is 2.06 bits per heavy atom. The lowest BCUT2D eigenvalue weighted by atomic mass is 9.89. The fraction of sp³-hybridized carbons (Fsp3) is 0.455. The number of halogens is 3. The van der Waals surface area contributed by atoms with Crippen LogP contribution in [-0.4, -0.2) is 64.2 Å². The number of carboxylic acid groups (broad SMARTS) is 1. The number of thiophene rings is 1. The monoisotopic (exact) mass is 499 g/mol. The second-order valence-corrected chi connectivity index (χ2v) is 8.90. The van der Waals surface area contributed by atoms with Gasteiger partial charge < -0.3 is 20.1 Å². The molecule has 2 aliphatic heterocycles. The Bertz CT molecular complexity index is 1010. The Morgan fingerprint density at radius 3 is 2.65 bits per heavy atom. The topological polar surface area (TPSA) is 109 Å². The Kier molecular flexibility index (Phi) is 8.26. The van der Waals surface area contributed by atoms with Gasteiger partial charge in [0, 0.05) is 19.3 Å². The van der Waals surface area contributed by atoms with Gasteiger partial charge in [-0.25, -0.2) is 4.79 Å². The van der Waals surface area contributed by atoms with E-state index in [1.165, 1.54) is 11.3 Å². The Labute approximate surface area is 197 Å². The number of carboxylic acids is 1. The molecule has 3 atom stereocenters. The van der Waals surface area contributed by atoms with Crippen molar-refractivity contribution in [2.75, 3.05) is 13.2 Å². The minimum Gasteiger partial charge on any atom is -0.475 e. The molecule has 2 amide bonds. The SMILES string of the molecule is Cc1csc(C(=O)N2C[C@H](C(=O)NCc3ccccn3)C[C@H]3OCC[C@H]32)c1.O=C(O)C(F)(F)F. The zero-order chi connectivity index (χ0) is 24.9. The first-order valence-corrected chi connectivity index (χ1v) is 11.4. The normalized spacial score (nSPS) is 21.8. The quantitative estimate of drug-likeness (QED) is 0.670. The van der Waals surface area contributed by atoms with Gasteiger partial charge >= 0.3 is 12.1 Å². The number of aliphatic carboxylic acids is 1. The molecule has 0 radical (unpaired) electrons. The number of carbonyl (C=O) groups is 3. The molecule has 2 fully saturated rings. The third-order valence-corrected chi connectivity index (χ3v) is 6.53. The fourth-order valence-corrected chi connectivity index (χ4v) is 4.73. The lowest BCUT2D eigenvalue weighted by Crippen LogP contribution is -2.54. The number of nitrogens with zero attached hydrogens (tertiary/aromatic N) is 2. The van der Waals surface area contributed by atoms with Crippen LogP contribution in [0.2, 0.25) is 0 Å². The van der Waals surface area contributed by atoms with Crippen LogP contribution < -0.4 is 5.32 Å². The predicted molar refractivity (Wildman–Crippen MR) is 116 cm³/mol. The molecule has 2 aliphatic rings. The van der Waals surface area contributed by atoms with E-state index in [4.69, 9.17) is 14.6 Å². The standard InChI is InChI=1S/C20H23N3O3S.C2HF3O2/c1-13-8-18(27-12-13)20(25)23-11-14(9-17-16(23)5-7-26-17)19(24)22-10-15-4-2-3-6-21-15;3-2(4,5)1(6)7/h2-4,6,8,12,14,16-17H,5,7,9-11H2,1H3,(H,22,24);(H,6,7)/t14-,16-,17-;/m1./s1. The van der Waals surface area contributed by atoms with Gasteiger partial charge in [-0.1, -0.05) is 6.07 Å². The number of rotatable bonds is 4. The molecule has 2 saturated heterocycles. The zero-order valence-electron chi connectivity index (χ0n) is 18.2. The molecule has 184 valence electrons. The van der Waals surface area contributed by atoms with Crippen molar-refractivity contribution in [1.82, 2.24) is 15.2 Å². The van der Waals surface area contributed by atoms with Crippen molar-refractivity contribution in [2.45, 2.75) is 44.6 Å². The van der Waals surface area contributed by atoms with Crippen LogP contribution in [0, 0.1) is 12.8 Å². The lowest BCUT2D eigenvalue weighted by molar-refractivity contribution is -0.192. The zero-order valence-corrected chi connectivity index (χ0v) is 19.1. The highest BCUT2D eigenvalue weighted by molar-refractivity contribution is 7.12. The summed E-state index contributed by atoms with van der Waals surface area (Å²) < 4.78 is 37.6. The summed E-state index contributed by atoms with van der Waals surface area (Å²) in [4.78, 5) is 41.5. The van der Waals surface area contributed by atoms with Crippen molar-refractivity contribution in [2.24, 2.45) is 5.92 Å². The number of nitrogens with one attached hydrogen (secondary N) is 1. The Morgan fingerprint density at radius 1 is 1.32 bits per heavy atom. The highest BCUT2D eigenvalue weighted by Gasteiger charge is 2.44. The maximum absolute atomic E-state index is 13.0. The molecule has 4 heterocycles. The molecular weight excluding hydrogens is 475 g/mol. The maximum atomic E-state index is 13.0. The van der Waals surface area contributed by atoms with Crippen LogP contribution in [0.4, 0.5) is 13.2 Å². The van der Waals surface area contributed by atoms with Crippen LogP contribution in [0.5, 0.6) is 0 Å². The Hall–Kier alpha value is -2.99. The number of likely N-dealkylation sites (tertiary alicyclic amines) is 1. The van der Waals surface area contributed by atoms with Crippen molar-refractivity contribution >= 4 is 29.1 Å². The maximum Gasteiger partial charge on any atom is 0.490 e. The van der Waals surface area contributed by atoms with E-state index >= 15 is 0 Å². The van der Waals surface area contributed by atoms with Gasteiger partial charge in [-0.05, 0) is 48.9 Å². The third kappa shape index (κ3) is 6.54. The van der Waals surface area contributed by atoms with Crippen molar-refractivity contribution in [1.29, 1.82) is 0 Å². The molecule has 34 heavy (non-hydrogen) atoms. The van der Waals surface area contributed by atoms with Gasteiger partial charge in [0.25, 0.3) is 5.91 Å². The largest absolute Gasteiger partial charge is 0.490 e. The molecule has 2 aromatic heterocycles. The number of ether oxygens (including phenoxy) is 1. The molecule has 8 nitrogen and oxygen atoms in total. The highest BCUT2D eigenvalue weighted by atomic mass is 32.1. The highest BCUT2D eigenvalue weighted by Crippen LogP contribution is 2.33. The first-order chi connectivity index (χ1) is 16.1. The summed E-state index contributed by atoms with van der Waals surface area (Å²) in [5.74, 6) is -3.06. The lowest BCUT2D eigenvalue weighted by Gasteiger charge is -2.40. The molecule has 2 N–H and O–H groups in total. The number of piperidine rings is 1.